The standard InChI is InChI=1S/C23H21FN4O2/c24-16-8-10-19-18(12-16)17(22(26-19)14-4-2-1-3-5-14)9-11-20(29)25-13-21-27-23(28-30-21)15-6-7-15/h1-5,8,10,12,15,26H,6-7,9,11,13H2,(H,25,29). The number of carbonyl (C=O) groups excluding carboxylic acids is 1. The van der Waals surface area contributed by atoms with Crippen LogP contribution in [0.4, 0.5) is 4.39 Å². The number of nitrogens with zero attached hydrogens (tertiary/aromatic N) is 2. The minimum atomic E-state index is -0.297. The van der Waals surface area contributed by atoms with Crippen LogP contribution in [-0.4, -0.2) is 21.0 Å². The molecule has 1 saturated carbocycles. The summed E-state index contributed by atoms with van der Waals surface area (Å²) in [5, 5.41) is 7.59. The van der Waals surface area contributed by atoms with E-state index in [2.05, 4.69) is 20.4 Å². The third-order valence-electron chi connectivity index (χ3n) is 5.40. The minimum absolute atomic E-state index is 0.120. The summed E-state index contributed by atoms with van der Waals surface area (Å²) in [5.74, 6) is 1.15. The van der Waals surface area contributed by atoms with E-state index in [1.807, 2.05) is 30.3 Å². The average molecular weight is 404 g/mol. The van der Waals surface area contributed by atoms with E-state index in [0.717, 1.165) is 46.4 Å². The van der Waals surface area contributed by atoms with E-state index in [4.69, 9.17) is 4.52 Å². The summed E-state index contributed by atoms with van der Waals surface area (Å²) < 4.78 is 19.1. The molecule has 2 aromatic carbocycles. The molecule has 7 heteroatoms. The summed E-state index contributed by atoms with van der Waals surface area (Å²) in [6.45, 7) is 0.215. The van der Waals surface area contributed by atoms with Gasteiger partial charge in [-0.25, -0.2) is 4.39 Å². The van der Waals surface area contributed by atoms with Crippen LogP contribution >= 0.6 is 0 Å². The molecule has 5 rings (SSSR count). The number of rotatable bonds is 7. The van der Waals surface area contributed by atoms with Crippen LogP contribution in [0, 0.1) is 5.82 Å². The highest BCUT2D eigenvalue weighted by Crippen LogP contribution is 2.38. The van der Waals surface area contributed by atoms with E-state index in [1.54, 1.807) is 6.07 Å². The number of amides is 1. The fourth-order valence-electron chi connectivity index (χ4n) is 3.68. The Kier molecular flexibility index (Phi) is 4.78. The lowest BCUT2D eigenvalue weighted by molar-refractivity contribution is -0.121. The van der Waals surface area contributed by atoms with Gasteiger partial charge >= 0.3 is 0 Å². The first-order chi connectivity index (χ1) is 14.7. The van der Waals surface area contributed by atoms with E-state index in [1.165, 1.54) is 12.1 Å². The smallest absolute Gasteiger partial charge is 0.246 e. The number of aromatic nitrogens is 3. The average Bonchev–Trinajstić information content (AvgIpc) is 3.40. The first kappa shape index (κ1) is 18.5. The molecule has 1 aliphatic carbocycles. The van der Waals surface area contributed by atoms with Gasteiger partial charge in [0.1, 0.15) is 5.82 Å². The molecule has 1 fully saturated rings. The quantitative estimate of drug-likeness (QED) is 0.476. The second kappa shape index (κ2) is 7.74. The molecule has 0 atom stereocenters. The number of benzene rings is 2. The molecule has 152 valence electrons. The van der Waals surface area contributed by atoms with Gasteiger partial charge in [0.2, 0.25) is 11.8 Å². The van der Waals surface area contributed by atoms with Crippen molar-refractivity contribution in [2.75, 3.05) is 0 Å². The van der Waals surface area contributed by atoms with Crippen LogP contribution in [0.2, 0.25) is 0 Å². The molecule has 2 heterocycles. The number of nitrogens with one attached hydrogen (secondary N) is 2. The van der Waals surface area contributed by atoms with Gasteiger partial charge < -0.3 is 14.8 Å². The molecule has 0 spiro atoms. The van der Waals surface area contributed by atoms with Crippen LogP contribution in [0.25, 0.3) is 22.2 Å². The molecule has 1 amide bonds. The van der Waals surface area contributed by atoms with E-state index >= 15 is 0 Å². The van der Waals surface area contributed by atoms with Gasteiger partial charge in [-0.3, -0.25) is 4.79 Å². The molecule has 2 N–H and O–H groups in total. The summed E-state index contributed by atoms with van der Waals surface area (Å²) in [4.78, 5) is 20.1. The topological polar surface area (TPSA) is 83.8 Å². The number of carbonyl (C=O) groups is 1. The molecule has 0 radical (unpaired) electrons. The zero-order valence-electron chi connectivity index (χ0n) is 16.3. The highest BCUT2D eigenvalue weighted by atomic mass is 19.1. The van der Waals surface area contributed by atoms with Crippen LogP contribution in [0.1, 0.15) is 42.5 Å². The molecule has 0 aliphatic heterocycles. The molecular formula is C23H21FN4O2. The molecule has 0 saturated heterocycles. The summed E-state index contributed by atoms with van der Waals surface area (Å²) in [7, 11) is 0. The van der Waals surface area contributed by atoms with Crippen molar-refractivity contribution in [3.8, 4) is 11.3 Å². The predicted octanol–water partition coefficient (Wildman–Crippen LogP) is 4.48. The van der Waals surface area contributed by atoms with Gasteiger partial charge in [0.15, 0.2) is 5.82 Å². The first-order valence-electron chi connectivity index (χ1n) is 10.1. The van der Waals surface area contributed by atoms with Crippen molar-refractivity contribution in [2.24, 2.45) is 0 Å². The van der Waals surface area contributed by atoms with E-state index in [0.29, 0.717) is 18.2 Å². The third-order valence-corrected chi connectivity index (χ3v) is 5.40. The van der Waals surface area contributed by atoms with E-state index < -0.39 is 0 Å². The zero-order chi connectivity index (χ0) is 20.5. The zero-order valence-corrected chi connectivity index (χ0v) is 16.3. The Hall–Kier alpha value is -3.48. The second-order valence-corrected chi connectivity index (χ2v) is 7.63. The van der Waals surface area contributed by atoms with Crippen molar-refractivity contribution < 1.29 is 13.7 Å². The molecule has 2 aromatic heterocycles. The maximum atomic E-state index is 13.9. The van der Waals surface area contributed by atoms with Gasteiger partial charge in [-0.1, -0.05) is 35.5 Å². The fourth-order valence-corrected chi connectivity index (χ4v) is 3.68. The Labute approximate surface area is 172 Å². The lowest BCUT2D eigenvalue weighted by atomic mass is 10.0. The van der Waals surface area contributed by atoms with Crippen molar-refractivity contribution >= 4 is 16.8 Å². The second-order valence-electron chi connectivity index (χ2n) is 7.63. The highest BCUT2D eigenvalue weighted by Gasteiger charge is 2.28. The van der Waals surface area contributed by atoms with Crippen molar-refractivity contribution in [2.45, 2.75) is 38.1 Å². The minimum Gasteiger partial charge on any atom is -0.354 e. The van der Waals surface area contributed by atoms with Gasteiger partial charge in [0, 0.05) is 28.9 Å². The van der Waals surface area contributed by atoms with Crippen molar-refractivity contribution in [3.63, 3.8) is 0 Å². The number of hydrogen-bond donors (Lipinski definition) is 2. The monoisotopic (exact) mass is 404 g/mol. The molecule has 6 nitrogen and oxygen atoms in total. The summed E-state index contributed by atoms with van der Waals surface area (Å²) in [5.41, 5.74) is 3.70. The van der Waals surface area contributed by atoms with Gasteiger partial charge in [-0.05, 0) is 48.6 Å². The molecule has 0 unspecified atom stereocenters. The Morgan fingerprint density at radius 1 is 1.20 bits per heavy atom. The number of H-pyrrole nitrogens is 1. The normalized spacial score (nSPS) is 13.6. The first-order valence-corrected chi connectivity index (χ1v) is 10.1. The third kappa shape index (κ3) is 3.83. The summed E-state index contributed by atoms with van der Waals surface area (Å²) in [6, 6.07) is 14.5. The number of aryl methyl sites for hydroxylation is 1. The van der Waals surface area contributed by atoms with Gasteiger partial charge in [0.05, 0.1) is 6.54 Å². The maximum Gasteiger partial charge on any atom is 0.246 e. The number of halogens is 1. The Bertz CT molecular complexity index is 1190. The number of fused-ring (bicyclic) bond motifs is 1. The molecule has 4 aromatic rings. The van der Waals surface area contributed by atoms with Crippen molar-refractivity contribution in [1.82, 2.24) is 20.4 Å². The van der Waals surface area contributed by atoms with Gasteiger partial charge in [-0.2, -0.15) is 4.98 Å². The SMILES string of the molecule is O=C(CCc1c(-c2ccccc2)[nH]c2ccc(F)cc12)NCc1nc(C2CC2)no1. The van der Waals surface area contributed by atoms with Crippen molar-refractivity contribution in [1.29, 1.82) is 0 Å². The number of hydrogen-bond acceptors (Lipinski definition) is 4. The largest absolute Gasteiger partial charge is 0.354 e. The Morgan fingerprint density at radius 3 is 2.83 bits per heavy atom. The van der Waals surface area contributed by atoms with Gasteiger partial charge in [-0.15, -0.1) is 0 Å². The molecule has 0 bridgehead atoms. The number of aromatic amines is 1. The summed E-state index contributed by atoms with van der Waals surface area (Å²) >= 11 is 0. The highest BCUT2D eigenvalue weighted by molar-refractivity contribution is 5.91. The van der Waals surface area contributed by atoms with Crippen LogP contribution in [-0.2, 0) is 17.8 Å². The maximum absolute atomic E-state index is 13.9. The predicted molar refractivity (Wildman–Crippen MR) is 110 cm³/mol. The van der Waals surface area contributed by atoms with E-state index in [-0.39, 0.29) is 24.7 Å². The van der Waals surface area contributed by atoms with Crippen LogP contribution in [0.5, 0.6) is 0 Å². The van der Waals surface area contributed by atoms with E-state index in [9.17, 15) is 9.18 Å². The Balaban J connectivity index is 1.31. The van der Waals surface area contributed by atoms with Gasteiger partial charge in [0.25, 0.3) is 0 Å². The lowest BCUT2D eigenvalue weighted by Crippen LogP contribution is -2.23. The van der Waals surface area contributed by atoms with Crippen molar-refractivity contribution in [3.05, 3.63) is 71.6 Å². The fraction of sp³-hybridized carbons (Fsp3) is 0.261. The summed E-state index contributed by atoms with van der Waals surface area (Å²) in [6.07, 6.45) is 2.95. The molecular weight excluding hydrogens is 383 g/mol. The Morgan fingerprint density at radius 2 is 2.03 bits per heavy atom. The lowest BCUT2D eigenvalue weighted by Gasteiger charge is -2.06. The molecule has 1 aliphatic rings. The molecule has 30 heavy (non-hydrogen) atoms. The van der Waals surface area contributed by atoms with Crippen LogP contribution in [0.15, 0.2) is 53.1 Å². The van der Waals surface area contributed by atoms with Crippen LogP contribution in [0.3, 0.4) is 0 Å². The van der Waals surface area contributed by atoms with Crippen LogP contribution < -0.4 is 5.32 Å².